The van der Waals surface area contributed by atoms with Crippen molar-refractivity contribution in [1.29, 1.82) is 0 Å². The van der Waals surface area contributed by atoms with Crippen LogP contribution in [0.25, 0.3) is 54.7 Å². The van der Waals surface area contributed by atoms with Crippen molar-refractivity contribution < 1.29 is 21.1 Å². The zero-order valence-electron chi connectivity index (χ0n) is 19.9. The maximum absolute atomic E-state index is 5.11. The predicted octanol–water partition coefficient (Wildman–Crippen LogP) is 8.84. The summed E-state index contributed by atoms with van der Waals surface area (Å²) >= 11 is 0. The van der Waals surface area contributed by atoms with Gasteiger partial charge >= 0.3 is 21.1 Å². The minimum Gasteiger partial charge on any atom is -0.679 e. The van der Waals surface area contributed by atoms with Gasteiger partial charge in [-0.1, -0.05) is 110 Å². The Hall–Kier alpha value is -4.01. The van der Waals surface area contributed by atoms with E-state index in [2.05, 4.69) is 84.9 Å². The van der Waals surface area contributed by atoms with Gasteiger partial charge in [0.2, 0.25) is 0 Å². The minimum atomic E-state index is 0. The number of aromatic nitrogens is 2. The van der Waals surface area contributed by atoms with Crippen LogP contribution >= 0.6 is 0 Å². The molecule has 0 fully saturated rings. The van der Waals surface area contributed by atoms with E-state index in [-0.39, 0.29) is 21.1 Å². The first-order valence-electron chi connectivity index (χ1n) is 12.1. The average molecular weight is 658 g/mol. The second-order valence-corrected chi connectivity index (χ2v) is 9.03. The number of pyridine rings is 2. The van der Waals surface area contributed by atoms with Crippen molar-refractivity contribution in [2.45, 2.75) is 13.1 Å². The van der Waals surface area contributed by atoms with Gasteiger partial charge in [0.1, 0.15) is 0 Å². The monoisotopic (exact) mass is 657 g/mol. The third-order valence-electron chi connectivity index (χ3n) is 6.73. The summed E-state index contributed by atoms with van der Waals surface area (Å²) in [5, 5.41) is 14.6. The number of para-hydroxylation sites is 2. The molecule has 3 heterocycles. The third-order valence-corrected chi connectivity index (χ3v) is 6.73. The van der Waals surface area contributed by atoms with Crippen molar-refractivity contribution in [2.75, 3.05) is 0 Å². The van der Waals surface area contributed by atoms with Crippen molar-refractivity contribution in [3.63, 3.8) is 0 Å². The molecule has 4 bridgehead atoms. The molecule has 5 heteroatoms. The molecule has 37 heavy (non-hydrogen) atoms. The molecule has 6 aromatic rings. The minimum absolute atomic E-state index is 0. The van der Waals surface area contributed by atoms with Crippen molar-refractivity contribution in [1.82, 2.24) is 9.97 Å². The molecule has 7 rings (SSSR count). The molecule has 0 aliphatic carbocycles. The molecule has 4 nitrogen and oxygen atoms in total. The molecule has 0 atom stereocenters. The summed E-state index contributed by atoms with van der Waals surface area (Å²) in [6.45, 7) is 0.956. The van der Waals surface area contributed by atoms with Gasteiger partial charge in [0, 0.05) is 22.2 Å². The molecule has 1 aliphatic heterocycles. The molecular formula is C32H22N4Pt. The predicted molar refractivity (Wildman–Crippen MR) is 148 cm³/mol. The SMILES string of the molecule is [Pt+2].c1ccc2c(c1)[N-]Cc1cc3ccccc3c(n1)-c1ccccc1[N-]Cc1cc3ccccc3c-2n1. The van der Waals surface area contributed by atoms with E-state index in [0.717, 1.165) is 66.8 Å². The smallest absolute Gasteiger partial charge is 0.679 e. The van der Waals surface area contributed by atoms with Gasteiger partial charge in [-0.3, -0.25) is 9.97 Å². The van der Waals surface area contributed by atoms with Gasteiger partial charge in [0.15, 0.2) is 0 Å². The van der Waals surface area contributed by atoms with Crippen LogP contribution in [0.15, 0.2) is 109 Å². The number of rotatable bonds is 0. The molecule has 180 valence electrons. The Morgan fingerprint density at radius 2 is 0.892 bits per heavy atom. The van der Waals surface area contributed by atoms with E-state index in [9.17, 15) is 0 Å². The van der Waals surface area contributed by atoms with Gasteiger partial charge in [-0.05, 0) is 34.0 Å². The van der Waals surface area contributed by atoms with E-state index in [0.29, 0.717) is 13.1 Å². The topological polar surface area (TPSA) is 54.0 Å². The fourth-order valence-corrected chi connectivity index (χ4v) is 5.04. The van der Waals surface area contributed by atoms with E-state index in [1.54, 1.807) is 0 Å². The van der Waals surface area contributed by atoms with Crippen LogP contribution in [-0.2, 0) is 34.2 Å². The number of hydrogen-bond donors (Lipinski definition) is 0. The van der Waals surface area contributed by atoms with E-state index in [4.69, 9.17) is 20.6 Å². The van der Waals surface area contributed by atoms with Gasteiger partial charge < -0.3 is 10.6 Å². The quantitative estimate of drug-likeness (QED) is 0.164. The zero-order chi connectivity index (χ0) is 23.9. The fourth-order valence-electron chi connectivity index (χ4n) is 5.04. The first kappa shape index (κ1) is 23.4. The molecular weight excluding hydrogens is 635 g/mol. The molecule has 0 amide bonds. The van der Waals surface area contributed by atoms with Crippen molar-refractivity contribution in [3.05, 3.63) is 131 Å². The fraction of sp³-hybridized carbons (Fsp3) is 0.0625. The largest absolute Gasteiger partial charge is 2.00 e. The van der Waals surface area contributed by atoms with Crippen LogP contribution in [0.4, 0.5) is 11.4 Å². The molecule has 0 saturated carbocycles. The average Bonchev–Trinajstić information content (AvgIpc) is 2.94. The molecule has 0 radical (unpaired) electrons. The summed E-state index contributed by atoms with van der Waals surface area (Å²) in [5.41, 5.74) is 7.61. The Kier molecular flexibility index (Phi) is 6.19. The molecule has 0 N–H and O–H groups in total. The summed E-state index contributed by atoms with van der Waals surface area (Å²) < 4.78 is 0. The van der Waals surface area contributed by atoms with Crippen molar-refractivity contribution >= 4 is 32.9 Å². The number of fused-ring (bicyclic) bond motifs is 12. The Morgan fingerprint density at radius 1 is 0.486 bits per heavy atom. The molecule has 1 aliphatic rings. The van der Waals surface area contributed by atoms with Crippen LogP contribution in [0, 0.1) is 0 Å². The van der Waals surface area contributed by atoms with Crippen LogP contribution in [0.5, 0.6) is 0 Å². The second-order valence-electron chi connectivity index (χ2n) is 9.03. The Bertz CT molecular complexity index is 1630. The molecule has 0 spiro atoms. The molecule has 4 aromatic carbocycles. The van der Waals surface area contributed by atoms with Crippen molar-refractivity contribution in [3.8, 4) is 22.5 Å². The van der Waals surface area contributed by atoms with Crippen LogP contribution in [0.1, 0.15) is 11.4 Å². The first-order chi connectivity index (χ1) is 17.8. The maximum Gasteiger partial charge on any atom is 2.00 e. The molecule has 2 aromatic heterocycles. The van der Waals surface area contributed by atoms with Gasteiger partial charge in [-0.25, -0.2) is 0 Å². The second kappa shape index (κ2) is 9.80. The summed E-state index contributed by atoms with van der Waals surface area (Å²) in [5.74, 6) is 0. The Balaban J connectivity index is 0.00000252. The first-order valence-corrected chi connectivity index (χ1v) is 12.1. The van der Waals surface area contributed by atoms with E-state index in [1.165, 1.54) is 0 Å². The summed E-state index contributed by atoms with van der Waals surface area (Å²) in [6.07, 6.45) is 0. The number of nitrogens with zero attached hydrogens (tertiary/aromatic N) is 4. The van der Waals surface area contributed by atoms with Crippen LogP contribution in [0.3, 0.4) is 0 Å². The number of hydrogen-bond acceptors (Lipinski definition) is 2. The normalized spacial score (nSPS) is 12.3. The molecule has 0 saturated heterocycles. The zero-order valence-corrected chi connectivity index (χ0v) is 22.2. The van der Waals surface area contributed by atoms with Gasteiger partial charge in [-0.15, -0.1) is 11.4 Å². The van der Waals surface area contributed by atoms with E-state index < -0.39 is 0 Å². The maximum atomic E-state index is 5.11. The Labute approximate surface area is 230 Å². The van der Waals surface area contributed by atoms with Gasteiger partial charge in [0.25, 0.3) is 0 Å². The number of benzene rings is 4. The van der Waals surface area contributed by atoms with Gasteiger partial charge in [0.05, 0.1) is 11.4 Å². The van der Waals surface area contributed by atoms with E-state index in [1.807, 2.05) is 24.3 Å². The molecule has 0 unspecified atom stereocenters. The third kappa shape index (κ3) is 4.28. The van der Waals surface area contributed by atoms with Crippen molar-refractivity contribution in [2.24, 2.45) is 0 Å². The van der Waals surface area contributed by atoms with Crippen LogP contribution in [-0.4, -0.2) is 9.97 Å². The standard InChI is InChI=1S/C32H22N4.Pt/c1-3-11-25-21(9-1)17-23-19-33-30-16-8-6-14-28(30)32-26-12-4-2-10-22(26)18-24(36-32)20-34-29-15-7-5-13-27(29)31(25)35-23;/h1-18H,19-20H2;/q-2;+2. The van der Waals surface area contributed by atoms with Crippen LogP contribution in [0.2, 0.25) is 0 Å². The summed E-state index contributed by atoms with van der Waals surface area (Å²) in [6, 6.07) is 37.6. The Morgan fingerprint density at radius 3 is 1.38 bits per heavy atom. The van der Waals surface area contributed by atoms with Crippen LogP contribution < -0.4 is 0 Å². The summed E-state index contributed by atoms with van der Waals surface area (Å²) in [7, 11) is 0. The summed E-state index contributed by atoms with van der Waals surface area (Å²) in [4.78, 5) is 10.2. The van der Waals surface area contributed by atoms with E-state index >= 15 is 0 Å². The van der Waals surface area contributed by atoms with Gasteiger partial charge in [-0.2, -0.15) is 0 Å².